The minimum atomic E-state index is 1.22. The number of likely N-dealkylation sites (tertiary alicyclic amines) is 2. The minimum absolute atomic E-state index is 1.22. The van der Waals surface area contributed by atoms with Crippen LogP contribution in [0, 0.1) is 0 Å². The Balaban J connectivity index is 1.76. The molecule has 0 radical (unpaired) electrons. The minimum Gasteiger partial charge on any atom is -0.299 e. The monoisotopic (exact) mass is 208 g/mol. The predicted octanol–water partition coefficient (Wildman–Crippen LogP) is 2.12. The van der Waals surface area contributed by atoms with Crippen LogP contribution in [0.1, 0.15) is 32.6 Å². The molecule has 2 aliphatic heterocycles. The second kappa shape index (κ2) is 5.66. The summed E-state index contributed by atoms with van der Waals surface area (Å²) in [4.78, 5) is 5.21. The highest BCUT2D eigenvalue weighted by Gasteiger charge is 2.16. The van der Waals surface area contributed by atoms with Crippen molar-refractivity contribution in [1.29, 1.82) is 0 Å². The normalized spacial score (nSPS) is 23.5. The molecule has 2 heterocycles. The Bertz CT molecular complexity index is 191. The van der Waals surface area contributed by atoms with Gasteiger partial charge in [0.05, 0.1) is 0 Å². The van der Waals surface area contributed by atoms with Gasteiger partial charge in [-0.1, -0.05) is 6.08 Å². The van der Waals surface area contributed by atoms with E-state index in [9.17, 15) is 0 Å². The molecule has 0 saturated carbocycles. The largest absolute Gasteiger partial charge is 0.299 e. The average molecular weight is 208 g/mol. The molecule has 0 amide bonds. The summed E-state index contributed by atoms with van der Waals surface area (Å²) < 4.78 is 0. The zero-order valence-electron chi connectivity index (χ0n) is 10.0. The van der Waals surface area contributed by atoms with Crippen molar-refractivity contribution in [2.45, 2.75) is 32.6 Å². The van der Waals surface area contributed by atoms with Gasteiger partial charge in [-0.15, -0.1) is 0 Å². The van der Waals surface area contributed by atoms with E-state index in [2.05, 4.69) is 22.8 Å². The Kier molecular flexibility index (Phi) is 4.21. The van der Waals surface area contributed by atoms with Gasteiger partial charge in [0, 0.05) is 13.1 Å². The molecule has 0 spiro atoms. The summed E-state index contributed by atoms with van der Waals surface area (Å²) in [7, 11) is 0. The van der Waals surface area contributed by atoms with Gasteiger partial charge in [-0.25, -0.2) is 0 Å². The average Bonchev–Trinajstić information content (AvgIpc) is 2.89. The second-order valence-corrected chi connectivity index (χ2v) is 4.91. The van der Waals surface area contributed by atoms with Crippen molar-refractivity contribution in [1.82, 2.24) is 9.80 Å². The van der Waals surface area contributed by atoms with E-state index in [0.29, 0.717) is 0 Å². The highest BCUT2D eigenvalue weighted by atomic mass is 15.2. The van der Waals surface area contributed by atoms with Crippen LogP contribution in [-0.4, -0.2) is 49.1 Å². The van der Waals surface area contributed by atoms with E-state index < -0.39 is 0 Å². The fourth-order valence-electron chi connectivity index (χ4n) is 2.69. The van der Waals surface area contributed by atoms with Crippen LogP contribution in [-0.2, 0) is 0 Å². The summed E-state index contributed by atoms with van der Waals surface area (Å²) in [5.74, 6) is 0. The molecule has 2 fully saturated rings. The summed E-state index contributed by atoms with van der Waals surface area (Å²) >= 11 is 0. The van der Waals surface area contributed by atoms with Gasteiger partial charge < -0.3 is 0 Å². The maximum atomic E-state index is 2.60. The molecule has 15 heavy (non-hydrogen) atoms. The van der Waals surface area contributed by atoms with Gasteiger partial charge in [-0.2, -0.15) is 0 Å². The molecule has 0 aliphatic carbocycles. The third-order valence-corrected chi connectivity index (χ3v) is 3.66. The van der Waals surface area contributed by atoms with Crippen LogP contribution in [0.25, 0.3) is 0 Å². The van der Waals surface area contributed by atoms with Crippen molar-refractivity contribution < 1.29 is 0 Å². The Morgan fingerprint density at radius 2 is 1.27 bits per heavy atom. The topological polar surface area (TPSA) is 6.48 Å². The third-order valence-electron chi connectivity index (χ3n) is 3.66. The van der Waals surface area contributed by atoms with Crippen molar-refractivity contribution in [3.8, 4) is 0 Å². The molecule has 0 N–H and O–H groups in total. The van der Waals surface area contributed by atoms with E-state index in [0.717, 1.165) is 0 Å². The van der Waals surface area contributed by atoms with E-state index in [1.54, 1.807) is 5.57 Å². The van der Waals surface area contributed by atoms with E-state index in [1.165, 1.54) is 65.0 Å². The first kappa shape index (κ1) is 11.2. The molecule has 0 atom stereocenters. The van der Waals surface area contributed by atoms with Crippen LogP contribution >= 0.6 is 0 Å². The molecule has 0 aromatic carbocycles. The molecular formula is C13H24N2. The van der Waals surface area contributed by atoms with Gasteiger partial charge in [-0.3, -0.25) is 9.80 Å². The summed E-state index contributed by atoms with van der Waals surface area (Å²) in [5.41, 5.74) is 1.62. The van der Waals surface area contributed by atoms with Gasteiger partial charge >= 0.3 is 0 Å². The van der Waals surface area contributed by atoms with Gasteiger partial charge in [0.1, 0.15) is 0 Å². The van der Waals surface area contributed by atoms with Crippen LogP contribution in [0.3, 0.4) is 0 Å². The first-order valence-corrected chi connectivity index (χ1v) is 6.47. The Morgan fingerprint density at radius 3 is 1.60 bits per heavy atom. The van der Waals surface area contributed by atoms with Crippen LogP contribution in [0.2, 0.25) is 0 Å². The van der Waals surface area contributed by atoms with Crippen molar-refractivity contribution in [3.63, 3.8) is 0 Å². The van der Waals surface area contributed by atoms with Crippen LogP contribution < -0.4 is 0 Å². The smallest absolute Gasteiger partial charge is 0.0205 e. The van der Waals surface area contributed by atoms with Crippen molar-refractivity contribution in [3.05, 3.63) is 11.6 Å². The lowest BCUT2D eigenvalue weighted by Crippen LogP contribution is -2.29. The fourth-order valence-corrected chi connectivity index (χ4v) is 2.69. The number of hydrogen-bond donors (Lipinski definition) is 0. The molecule has 2 rings (SSSR count). The zero-order valence-corrected chi connectivity index (χ0v) is 10.0. The lowest BCUT2D eigenvalue weighted by Gasteiger charge is -2.21. The predicted molar refractivity (Wildman–Crippen MR) is 65.1 cm³/mol. The second-order valence-electron chi connectivity index (χ2n) is 4.91. The summed E-state index contributed by atoms with van der Waals surface area (Å²) in [6.45, 7) is 9.89. The number of nitrogens with zero attached hydrogens (tertiary/aromatic N) is 2. The lowest BCUT2D eigenvalue weighted by atomic mass is 10.2. The molecule has 2 heteroatoms. The summed E-state index contributed by atoms with van der Waals surface area (Å²) in [5, 5.41) is 0. The van der Waals surface area contributed by atoms with E-state index in [4.69, 9.17) is 0 Å². The van der Waals surface area contributed by atoms with Gasteiger partial charge in [0.2, 0.25) is 0 Å². The molecule has 86 valence electrons. The highest BCUT2D eigenvalue weighted by molar-refractivity contribution is 5.06. The number of hydrogen-bond acceptors (Lipinski definition) is 2. The Hall–Kier alpha value is -0.340. The zero-order chi connectivity index (χ0) is 10.5. The quantitative estimate of drug-likeness (QED) is 0.653. The molecule has 0 aromatic rings. The Morgan fingerprint density at radius 1 is 0.867 bits per heavy atom. The van der Waals surface area contributed by atoms with E-state index >= 15 is 0 Å². The molecule has 0 aromatic heterocycles. The first-order chi connectivity index (χ1) is 7.38. The van der Waals surface area contributed by atoms with Gasteiger partial charge in [-0.05, 0) is 64.4 Å². The molecule has 0 unspecified atom stereocenters. The standard InChI is InChI=1S/C13H24N2/c1-2-13(11-14-7-3-4-8-14)12-15-9-5-6-10-15/h2H,3-12H2,1H3. The van der Waals surface area contributed by atoms with Crippen LogP contribution in [0.4, 0.5) is 0 Å². The lowest BCUT2D eigenvalue weighted by molar-refractivity contribution is 0.326. The van der Waals surface area contributed by atoms with E-state index in [1.807, 2.05) is 0 Å². The molecule has 0 bridgehead atoms. The SMILES string of the molecule is CC=C(CN1CCCC1)CN1CCCC1. The van der Waals surface area contributed by atoms with Crippen molar-refractivity contribution >= 4 is 0 Å². The van der Waals surface area contributed by atoms with Gasteiger partial charge in [0.15, 0.2) is 0 Å². The number of rotatable bonds is 4. The maximum Gasteiger partial charge on any atom is 0.0205 e. The summed E-state index contributed by atoms with van der Waals surface area (Å²) in [6.07, 6.45) is 7.94. The summed E-state index contributed by atoms with van der Waals surface area (Å²) in [6, 6.07) is 0. The molecule has 2 aliphatic rings. The maximum absolute atomic E-state index is 2.60. The Labute approximate surface area is 93.9 Å². The third kappa shape index (κ3) is 3.32. The highest BCUT2D eigenvalue weighted by Crippen LogP contribution is 2.13. The molecule has 2 nitrogen and oxygen atoms in total. The van der Waals surface area contributed by atoms with E-state index in [-0.39, 0.29) is 0 Å². The molecular weight excluding hydrogens is 184 g/mol. The van der Waals surface area contributed by atoms with Crippen LogP contribution in [0.15, 0.2) is 11.6 Å². The number of allylic oxidation sites excluding steroid dienone is 1. The van der Waals surface area contributed by atoms with Gasteiger partial charge in [0.25, 0.3) is 0 Å². The van der Waals surface area contributed by atoms with Crippen molar-refractivity contribution in [2.24, 2.45) is 0 Å². The van der Waals surface area contributed by atoms with Crippen LogP contribution in [0.5, 0.6) is 0 Å². The fraction of sp³-hybridized carbons (Fsp3) is 0.846. The molecule has 2 saturated heterocycles. The first-order valence-electron chi connectivity index (χ1n) is 6.47. The van der Waals surface area contributed by atoms with Crippen molar-refractivity contribution in [2.75, 3.05) is 39.3 Å².